The van der Waals surface area contributed by atoms with Gasteiger partial charge in [-0.2, -0.15) is 0 Å². The number of rotatable bonds is 7. The number of aliphatic imine (C=N–C) groups is 1. The standard InChI is InChI=1S/C17H28N4O2.HI/c1-14(2)23-16-6-4-15(5-7-16)20-17(18)19-8-3-9-21-10-12-22-13-11-21;/h4-7,14H,3,8-13H2,1-2H3,(H3,18,19,20);1H. The van der Waals surface area contributed by atoms with Gasteiger partial charge in [0, 0.05) is 31.9 Å². The zero-order valence-corrected chi connectivity index (χ0v) is 16.9. The number of nitrogens with zero attached hydrogens (tertiary/aromatic N) is 2. The fourth-order valence-electron chi connectivity index (χ4n) is 2.40. The Morgan fingerprint density at radius 3 is 2.58 bits per heavy atom. The minimum Gasteiger partial charge on any atom is -0.491 e. The van der Waals surface area contributed by atoms with Gasteiger partial charge in [0.15, 0.2) is 5.96 Å². The van der Waals surface area contributed by atoms with Crippen LogP contribution in [-0.4, -0.2) is 56.4 Å². The number of hydrogen-bond acceptors (Lipinski definition) is 4. The highest BCUT2D eigenvalue weighted by Gasteiger charge is 2.08. The first-order chi connectivity index (χ1) is 11.1. The number of ether oxygens (including phenoxy) is 2. The minimum atomic E-state index is 0. The zero-order chi connectivity index (χ0) is 16.5. The van der Waals surface area contributed by atoms with E-state index in [0.29, 0.717) is 5.96 Å². The van der Waals surface area contributed by atoms with E-state index in [1.54, 1.807) is 0 Å². The molecule has 0 saturated carbocycles. The van der Waals surface area contributed by atoms with Crippen molar-refractivity contribution in [2.75, 3.05) is 44.7 Å². The lowest BCUT2D eigenvalue weighted by Gasteiger charge is -2.26. The monoisotopic (exact) mass is 448 g/mol. The Labute approximate surface area is 161 Å². The first-order valence-electron chi connectivity index (χ1n) is 8.27. The van der Waals surface area contributed by atoms with E-state index in [1.807, 2.05) is 38.1 Å². The molecule has 0 aliphatic carbocycles. The smallest absolute Gasteiger partial charge is 0.193 e. The average molecular weight is 448 g/mol. The number of guanidine groups is 1. The lowest BCUT2D eigenvalue weighted by atomic mass is 10.3. The van der Waals surface area contributed by atoms with E-state index in [9.17, 15) is 0 Å². The molecule has 24 heavy (non-hydrogen) atoms. The Morgan fingerprint density at radius 2 is 1.96 bits per heavy atom. The fraction of sp³-hybridized carbons (Fsp3) is 0.588. The summed E-state index contributed by atoms with van der Waals surface area (Å²) in [6.45, 7) is 9.49. The van der Waals surface area contributed by atoms with Gasteiger partial charge in [-0.3, -0.25) is 9.89 Å². The largest absolute Gasteiger partial charge is 0.491 e. The van der Waals surface area contributed by atoms with E-state index < -0.39 is 0 Å². The molecule has 0 unspecified atom stereocenters. The average Bonchev–Trinajstić information content (AvgIpc) is 2.54. The van der Waals surface area contributed by atoms with Gasteiger partial charge in [0.25, 0.3) is 0 Å². The fourth-order valence-corrected chi connectivity index (χ4v) is 2.40. The van der Waals surface area contributed by atoms with Gasteiger partial charge in [0.1, 0.15) is 5.75 Å². The van der Waals surface area contributed by atoms with Gasteiger partial charge in [0.2, 0.25) is 0 Å². The first-order valence-corrected chi connectivity index (χ1v) is 8.27. The third-order valence-corrected chi connectivity index (χ3v) is 3.52. The first kappa shape index (κ1) is 21.0. The van der Waals surface area contributed by atoms with Crippen LogP contribution in [-0.2, 0) is 4.74 Å². The molecule has 0 amide bonds. The van der Waals surface area contributed by atoms with Crippen molar-refractivity contribution in [1.29, 1.82) is 0 Å². The highest BCUT2D eigenvalue weighted by molar-refractivity contribution is 14.0. The second-order valence-electron chi connectivity index (χ2n) is 5.89. The van der Waals surface area contributed by atoms with Gasteiger partial charge in [0.05, 0.1) is 19.3 Å². The van der Waals surface area contributed by atoms with Crippen LogP contribution in [0.2, 0.25) is 0 Å². The molecule has 136 valence electrons. The summed E-state index contributed by atoms with van der Waals surface area (Å²) in [6.07, 6.45) is 1.18. The summed E-state index contributed by atoms with van der Waals surface area (Å²) >= 11 is 0. The maximum Gasteiger partial charge on any atom is 0.193 e. The zero-order valence-electron chi connectivity index (χ0n) is 14.5. The van der Waals surface area contributed by atoms with E-state index in [2.05, 4.69) is 15.2 Å². The summed E-state index contributed by atoms with van der Waals surface area (Å²) in [4.78, 5) is 6.77. The van der Waals surface area contributed by atoms with Gasteiger partial charge in [-0.05, 0) is 44.5 Å². The lowest BCUT2D eigenvalue weighted by molar-refractivity contribution is 0.0377. The van der Waals surface area contributed by atoms with Crippen LogP contribution in [0.5, 0.6) is 5.75 Å². The summed E-state index contributed by atoms with van der Waals surface area (Å²) in [6, 6.07) is 7.73. The minimum absolute atomic E-state index is 0. The third kappa shape index (κ3) is 8.16. The third-order valence-electron chi connectivity index (χ3n) is 3.52. The second-order valence-corrected chi connectivity index (χ2v) is 5.89. The molecule has 6 nitrogen and oxygen atoms in total. The van der Waals surface area contributed by atoms with E-state index in [0.717, 1.165) is 57.3 Å². The van der Waals surface area contributed by atoms with Crippen LogP contribution >= 0.6 is 24.0 Å². The van der Waals surface area contributed by atoms with Crippen molar-refractivity contribution in [2.45, 2.75) is 26.4 Å². The molecule has 1 heterocycles. The molecule has 2 rings (SSSR count). The second kappa shape index (κ2) is 11.5. The summed E-state index contributed by atoms with van der Waals surface area (Å²) in [5.74, 6) is 1.30. The van der Waals surface area contributed by atoms with Crippen LogP contribution < -0.4 is 15.8 Å². The lowest BCUT2D eigenvalue weighted by Crippen LogP contribution is -2.37. The van der Waals surface area contributed by atoms with Crippen LogP contribution in [0.25, 0.3) is 0 Å². The van der Waals surface area contributed by atoms with E-state index >= 15 is 0 Å². The van der Waals surface area contributed by atoms with Gasteiger partial charge >= 0.3 is 0 Å². The molecule has 1 aliphatic rings. The Balaban J connectivity index is 0.00000288. The van der Waals surface area contributed by atoms with Crippen molar-refractivity contribution in [3.8, 4) is 5.75 Å². The number of anilines is 1. The van der Waals surface area contributed by atoms with E-state index in [4.69, 9.17) is 15.2 Å². The maximum absolute atomic E-state index is 5.92. The number of halogens is 1. The molecule has 0 atom stereocenters. The molecule has 7 heteroatoms. The molecule has 0 radical (unpaired) electrons. The van der Waals surface area contributed by atoms with Gasteiger partial charge in [-0.25, -0.2) is 0 Å². The number of nitrogens with one attached hydrogen (secondary N) is 1. The molecule has 3 N–H and O–H groups in total. The molecule has 1 aromatic carbocycles. The van der Waals surface area contributed by atoms with Crippen molar-refractivity contribution in [2.24, 2.45) is 10.7 Å². The van der Waals surface area contributed by atoms with Crippen molar-refractivity contribution < 1.29 is 9.47 Å². The molecular formula is C17H29IN4O2. The normalized spacial score (nSPS) is 15.9. The molecule has 0 bridgehead atoms. The summed E-state index contributed by atoms with van der Waals surface area (Å²) in [7, 11) is 0. The highest BCUT2D eigenvalue weighted by Crippen LogP contribution is 2.16. The quantitative estimate of drug-likeness (QED) is 0.290. The molecule has 0 spiro atoms. The Kier molecular flexibility index (Phi) is 10.0. The number of hydrogen-bond donors (Lipinski definition) is 2. The molecule has 0 aromatic heterocycles. The molecule has 1 saturated heterocycles. The van der Waals surface area contributed by atoms with Crippen LogP contribution in [0.3, 0.4) is 0 Å². The Hall–Kier alpha value is -1.06. The van der Waals surface area contributed by atoms with Crippen molar-refractivity contribution in [3.63, 3.8) is 0 Å². The van der Waals surface area contributed by atoms with Crippen LogP contribution in [0.1, 0.15) is 20.3 Å². The van der Waals surface area contributed by atoms with E-state index in [1.165, 1.54) is 0 Å². The van der Waals surface area contributed by atoms with Crippen molar-refractivity contribution in [3.05, 3.63) is 24.3 Å². The van der Waals surface area contributed by atoms with Crippen molar-refractivity contribution >= 4 is 35.6 Å². The summed E-state index contributed by atoms with van der Waals surface area (Å²) in [5.41, 5.74) is 6.83. The predicted molar refractivity (Wildman–Crippen MR) is 110 cm³/mol. The molecule has 1 aromatic rings. The predicted octanol–water partition coefficient (Wildman–Crippen LogP) is 2.54. The SMILES string of the molecule is CC(C)Oc1ccc(NC(N)=NCCCN2CCOCC2)cc1.I. The molecule has 1 aliphatic heterocycles. The maximum atomic E-state index is 5.92. The number of nitrogens with two attached hydrogens (primary N) is 1. The molecule has 1 fully saturated rings. The Bertz CT molecular complexity index is 488. The van der Waals surface area contributed by atoms with Crippen LogP contribution in [0, 0.1) is 0 Å². The van der Waals surface area contributed by atoms with E-state index in [-0.39, 0.29) is 30.1 Å². The van der Waals surface area contributed by atoms with Gasteiger partial charge in [-0.15, -0.1) is 24.0 Å². The number of morpholine rings is 1. The highest BCUT2D eigenvalue weighted by atomic mass is 127. The van der Waals surface area contributed by atoms with Gasteiger partial charge in [-0.1, -0.05) is 0 Å². The summed E-state index contributed by atoms with van der Waals surface area (Å²) < 4.78 is 10.9. The van der Waals surface area contributed by atoms with Crippen molar-refractivity contribution in [1.82, 2.24) is 4.90 Å². The van der Waals surface area contributed by atoms with Gasteiger partial charge < -0.3 is 20.5 Å². The number of benzene rings is 1. The Morgan fingerprint density at radius 1 is 1.29 bits per heavy atom. The molecular weight excluding hydrogens is 419 g/mol. The topological polar surface area (TPSA) is 72.1 Å². The van der Waals surface area contributed by atoms with Crippen LogP contribution in [0.15, 0.2) is 29.3 Å². The van der Waals surface area contributed by atoms with Crippen LogP contribution in [0.4, 0.5) is 5.69 Å². The summed E-state index contributed by atoms with van der Waals surface area (Å²) in [5, 5.41) is 3.10.